The first kappa shape index (κ1) is 22.2. The highest BCUT2D eigenvalue weighted by Gasteiger charge is 2.15. The lowest BCUT2D eigenvalue weighted by Crippen LogP contribution is -2.01. The highest BCUT2D eigenvalue weighted by Crippen LogP contribution is 2.51. The SMILES string of the molecule is c1ccc([SH](c2ccccc2)c2ccc(C3CCCCCCCCCCC3)cc2)cc1. The van der Waals surface area contributed by atoms with Gasteiger partial charge in [0, 0.05) is 0 Å². The summed E-state index contributed by atoms with van der Waals surface area (Å²) in [5.74, 6) is 0.744. The summed E-state index contributed by atoms with van der Waals surface area (Å²) in [7, 11) is -0.500. The van der Waals surface area contributed by atoms with Crippen molar-refractivity contribution in [3.8, 4) is 0 Å². The highest BCUT2D eigenvalue weighted by molar-refractivity contribution is 8.17. The molecule has 0 bridgehead atoms. The summed E-state index contributed by atoms with van der Waals surface area (Å²) >= 11 is 0. The molecular formula is C30H38S. The van der Waals surface area contributed by atoms with Crippen molar-refractivity contribution in [3.63, 3.8) is 0 Å². The fourth-order valence-corrected chi connectivity index (χ4v) is 7.28. The Morgan fingerprint density at radius 2 is 0.806 bits per heavy atom. The smallest absolute Gasteiger partial charge is 0.00450 e. The second kappa shape index (κ2) is 12.2. The lowest BCUT2D eigenvalue weighted by atomic mass is 9.87. The summed E-state index contributed by atoms with van der Waals surface area (Å²) in [6.07, 6.45) is 15.6. The first-order chi connectivity index (χ1) is 15.4. The Morgan fingerprint density at radius 3 is 1.26 bits per heavy atom. The molecule has 31 heavy (non-hydrogen) atoms. The number of hydrogen-bond donors (Lipinski definition) is 1. The number of rotatable bonds is 4. The molecule has 1 aliphatic carbocycles. The van der Waals surface area contributed by atoms with Crippen molar-refractivity contribution < 1.29 is 0 Å². The van der Waals surface area contributed by atoms with Crippen molar-refractivity contribution in [2.75, 3.05) is 0 Å². The molecule has 3 aromatic rings. The predicted molar refractivity (Wildman–Crippen MR) is 137 cm³/mol. The van der Waals surface area contributed by atoms with Crippen LogP contribution in [0.25, 0.3) is 0 Å². The van der Waals surface area contributed by atoms with Gasteiger partial charge in [-0.25, -0.2) is 0 Å². The number of benzene rings is 3. The van der Waals surface area contributed by atoms with E-state index in [9.17, 15) is 0 Å². The molecule has 164 valence electrons. The van der Waals surface area contributed by atoms with Crippen molar-refractivity contribution in [3.05, 3.63) is 90.5 Å². The van der Waals surface area contributed by atoms with Gasteiger partial charge in [-0.15, -0.1) is 0 Å². The third-order valence-electron chi connectivity index (χ3n) is 6.76. The van der Waals surface area contributed by atoms with Gasteiger partial charge in [0.15, 0.2) is 0 Å². The molecule has 0 unspecified atom stereocenters. The van der Waals surface area contributed by atoms with Gasteiger partial charge >= 0.3 is 0 Å². The van der Waals surface area contributed by atoms with E-state index in [2.05, 4.69) is 84.9 Å². The molecule has 0 amide bonds. The highest BCUT2D eigenvalue weighted by atomic mass is 32.2. The van der Waals surface area contributed by atoms with E-state index in [1.807, 2.05) is 0 Å². The fraction of sp³-hybridized carbons (Fsp3) is 0.400. The molecule has 0 atom stereocenters. The maximum atomic E-state index is 2.45. The van der Waals surface area contributed by atoms with Crippen molar-refractivity contribution in [2.45, 2.75) is 91.2 Å². The van der Waals surface area contributed by atoms with E-state index in [4.69, 9.17) is 0 Å². The molecule has 0 nitrogen and oxygen atoms in total. The summed E-state index contributed by atoms with van der Waals surface area (Å²) < 4.78 is 0. The molecule has 1 aliphatic rings. The molecule has 0 radical (unpaired) electrons. The van der Waals surface area contributed by atoms with Gasteiger partial charge in [0.2, 0.25) is 0 Å². The van der Waals surface area contributed by atoms with Gasteiger partial charge in [-0.1, -0.05) is 106 Å². The average molecular weight is 431 g/mol. The lowest BCUT2D eigenvalue weighted by Gasteiger charge is -2.24. The third kappa shape index (κ3) is 6.50. The molecule has 0 spiro atoms. The van der Waals surface area contributed by atoms with E-state index in [0.29, 0.717) is 0 Å². The van der Waals surface area contributed by atoms with Crippen LogP contribution in [0.5, 0.6) is 0 Å². The van der Waals surface area contributed by atoms with Gasteiger partial charge in [0.25, 0.3) is 0 Å². The summed E-state index contributed by atoms with van der Waals surface area (Å²) in [5.41, 5.74) is 1.57. The zero-order valence-electron chi connectivity index (χ0n) is 18.9. The van der Waals surface area contributed by atoms with E-state index in [-0.39, 0.29) is 0 Å². The Bertz CT molecular complexity index is 818. The topological polar surface area (TPSA) is 0 Å². The fourth-order valence-electron chi connectivity index (χ4n) is 4.99. The zero-order valence-corrected chi connectivity index (χ0v) is 19.8. The largest absolute Gasteiger partial charge is 0.173 e. The first-order valence-corrected chi connectivity index (χ1v) is 13.8. The third-order valence-corrected chi connectivity index (χ3v) is 9.20. The van der Waals surface area contributed by atoms with Gasteiger partial charge < -0.3 is 0 Å². The minimum absolute atomic E-state index is 0.500. The van der Waals surface area contributed by atoms with Gasteiger partial charge in [0.1, 0.15) is 0 Å². The second-order valence-electron chi connectivity index (χ2n) is 9.05. The molecule has 4 rings (SSSR count). The minimum Gasteiger partial charge on any atom is -0.173 e. The van der Waals surface area contributed by atoms with Crippen molar-refractivity contribution in [2.24, 2.45) is 0 Å². The normalized spacial score (nSPS) is 17.4. The monoisotopic (exact) mass is 430 g/mol. The maximum Gasteiger partial charge on any atom is -0.00450 e. The number of hydrogen-bond acceptors (Lipinski definition) is 0. The molecule has 0 N–H and O–H groups in total. The molecule has 0 aliphatic heterocycles. The van der Waals surface area contributed by atoms with Gasteiger partial charge in [-0.05, 0) is 75.4 Å². The Morgan fingerprint density at radius 1 is 0.419 bits per heavy atom. The van der Waals surface area contributed by atoms with Crippen LogP contribution >= 0.6 is 10.9 Å². The van der Waals surface area contributed by atoms with Crippen molar-refractivity contribution in [1.29, 1.82) is 0 Å². The summed E-state index contributed by atoms with van der Waals surface area (Å²) in [4.78, 5) is 4.33. The van der Waals surface area contributed by atoms with E-state index in [1.165, 1.54) is 85.3 Å². The van der Waals surface area contributed by atoms with Crippen LogP contribution < -0.4 is 0 Å². The van der Waals surface area contributed by atoms with Crippen LogP contribution in [0.1, 0.15) is 82.1 Å². The Hall–Kier alpha value is -1.99. The van der Waals surface area contributed by atoms with Crippen LogP contribution in [0.15, 0.2) is 99.6 Å². The van der Waals surface area contributed by atoms with E-state index in [1.54, 1.807) is 5.56 Å². The van der Waals surface area contributed by atoms with Crippen LogP contribution in [0, 0.1) is 0 Å². The minimum atomic E-state index is -0.500. The lowest BCUT2D eigenvalue weighted by molar-refractivity contribution is 0.467. The molecular weight excluding hydrogens is 392 g/mol. The van der Waals surface area contributed by atoms with E-state index >= 15 is 0 Å². The standard InChI is InChI=1S/C30H38S/c1-2-4-6-10-16-26(17-11-7-5-3-1)27-22-24-30(25-23-27)31(28-18-12-8-13-19-28)29-20-14-9-15-21-29/h8-9,12-15,18-26,31H,1-7,10-11,16-17H2. The molecule has 1 saturated carbocycles. The molecule has 1 fully saturated rings. The van der Waals surface area contributed by atoms with E-state index < -0.39 is 10.9 Å². The van der Waals surface area contributed by atoms with Crippen LogP contribution in [-0.4, -0.2) is 0 Å². The second-order valence-corrected chi connectivity index (χ2v) is 11.3. The predicted octanol–water partition coefficient (Wildman–Crippen LogP) is 9.55. The molecule has 0 saturated heterocycles. The van der Waals surface area contributed by atoms with Crippen molar-refractivity contribution in [1.82, 2.24) is 0 Å². The van der Waals surface area contributed by atoms with Crippen molar-refractivity contribution >= 4 is 10.9 Å². The van der Waals surface area contributed by atoms with Gasteiger partial charge in [0.05, 0.1) is 0 Å². The molecule has 0 heterocycles. The molecule has 1 heteroatoms. The summed E-state index contributed by atoms with van der Waals surface area (Å²) in [5, 5.41) is 0. The Labute approximate surface area is 192 Å². The average Bonchev–Trinajstić information content (AvgIpc) is 2.82. The number of thiol groups is 1. The van der Waals surface area contributed by atoms with E-state index in [0.717, 1.165) is 5.92 Å². The molecule has 3 aromatic carbocycles. The van der Waals surface area contributed by atoms with Crippen LogP contribution in [0.3, 0.4) is 0 Å². The quantitative estimate of drug-likeness (QED) is 0.391. The molecule has 0 aromatic heterocycles. The van der Waals surface area contributed by atoms with Crippen LogP contribution in [-0.2, 0) is 0 Å². The Kier molecular flexibility index (Phi) is 8.71. The maximum absolute atomic E-state index is 2.45. The Balaban J connectivity index is 1.54. The van der Waals surface area contributed by atoms with Crippen LogP contribution in [0.4, 0.5) is 0 Å². The van der Waals surface area contributed by atoms with Gasteiger partial charge in [-0.2, -0.15) is 10.9 Å². The summed E-state index contributed by atoms with van der Waals surface area (Å²) in [6.45, 7) is 0. The summed E-state index contributed by atoms with van der Waals surface area (Å²) in [6, 6.07) is 31.9. The van der Waals surface area contributed by atoms with Crippen LogP contribution in [0.2, 0.25) is 0 Å². The zero-order chi connectivity index (χ0) is 21.1. The first-order valence-electron chi connectivity index (χ1n) is 12.4. The van der Waals surface area contributed by atoms with Gasteiger partial charge in [-0.3, -0.25) is 0 Å².